The first-order chi connectivity index (χ1) is 10.0. The number of para-hydroxylation sites is 1. The minimum absolute atomic E-state index is 0.0221. The van der Waals surface area contributed by atoms with Crippen molar-refractivity contribution in [2.45, 2.75) is 18.9 Å². The smallest absolute Gasteiger partial charge is 0.330 e. The topological polar surface area (TPSA) is 89.7 Å². The van der Waals surface area contributed by atoms with Crippen LogP contribution >= 0.6 is 0 Å². The molecule has 0 amide bonds. The van der Waals surface area contributed by atoms with Gasteiger partial charge >= 0.3 is 5.97 Å². The predicted octanol–water partition coefficient (Wildman–Crippen LogP) is 2.48. The molecule has 0 saturated carbocycles. The number of nitro groups is 1. The zero-order valence-corrected chi connectivity index (χ0v) is 11.6. The highest BCUT2D eigenvalue weighted by Gasteiger charge is 2.09. The fraction of sp³-hybridized carbons (Fsp3) is 0.267. The maximum atomic E-state index is 10.8. The number of aliphatic hydroxyl groups is 1. The molecule has 6 heteroatoms. The van der Waals surface area contributed by atoms with Gasteiger partial charge in [0.2, 0.25) is 0 Å². The highest BCUT2D eigenvalue weighted by atomic mass is 16.6. The van der Waals surface area contributed by atoms with Crippen molar-refractivity contribution in [3.05, 3.63) is 58.2 Å². The second-order valence-electron chi connectivity index (χ2n) is 4.27. The Kier molecular flexibility index (Phi) is 6.83. The van der Waals surface area contributed by atoms with Gasteiger partial charge in [0.05, 0.1) is 23.7 Å². The molecular formula is C15H17NO5. The molecule has 0 unspecified atom stereocenters. The minimum atomic E-state index is -0.662. The van der Waals surface area contributed by atoms with Crippen molar-refractivity contribution in [2.75, 3.05) is 7.11 Å². The Morgan fingerprint density at radius 2 is 2.05 bits per heavy atom. The Hall–Kier alpha value is -2.47. The van der Waals surface area contributed by atoms with Crippen LogP contribution in [0.2, 0.25) is 0 Å². The molecule has 1 aromatic carbocycles. The van der Waals surface area contributed by atoms with Crippen molar-refractivity contribution < 1.29 is 19.6 Å². The van der Waals surface area contributed by atoms with Crippen LogP contribution < -0.4 is 0 Å². The van der Waals surface area contributed by atoms with Gasteiger partial charge in [-0.05, 0) is 18.9 Å². The summed E-state index contributed by atoms with van der Waals surface area (Å²) < 4.78 is 4.42. The molecule has 0 aromatic heterocycles. The number of aliphatic hydroxyl groups excluding tert-OH is 1. The molecule has 6 nitrogen and oxygen atoms in total. The Morgan fingerprint density at radius 3 is 2.71 bits per heavy atom. The van der Waals surface area contributed by atoms with E-state index in [0.717, 1.165) is 0 Å². The van der Waals surface area contributed by atoms with Crippen molar-refractivity contribution in [2.24, 2.45) is 0 Å². The van der Waals surface area contributed by atoms with E-state index in [1.165, 1.54) is 25.3 Å². The van der Waals surface area contributed by atoms with Gasteiger partial charge in [0.25, 0.3) is 5.69 Å². The first kappa shape index (κ1) is 16.6. The Morgan fingerprint density at radius 1 is 1.38 bits per heavy atom. The lowest BCUT2D eigenvalue weighted by Crippen LogP contribution is -2.03. The summed E-state index contributed by atoms with van der Waals surface area (Å²) in [6.07, 6.45) is 6.01. The van der Waals surface area contributed by atoms with Crippen molar-refractivity contribution >= 4 is 17.7 Å². The Bertz CT molecular complexity index is 551. The summed E-state index contributed by atoms with van der Waals surface area (Å²) >= 11 is 0. The second-order valence-corrected chi connectivity index (χ2v) is 4.27. The zero-order chi connectivity index (χ0) is 15.7. The first-order valence-corrected chi connectivity index (χ1v) is 6.37. The third kappa shape index (κ3) is 6.01. The van der Waals surface area contributed by atoms with Crippen molar-refractivity contribution in [1.82, 2.24) is 0 Å². The number of benzene rings is 1. The van der Waals surface area contributed by atoms with E-state index in [2.05, 4.69) is 4.74 Å². The van der Waals surface area contributed by atoms with E-state index < -0.39 is 17.0 Å². The summed E-state index contributed by atoms with van der Waals surface area (Å²) in [7, 11) is 1.28. The number of methoxy groups -OCH3 is 1. The average Bonchev–Trinajstić information content (AvgIpc) is 2.47. The van der Waals surface area contributed by atoms with E-state index >= 15 is 0 Å². The van der Waals surface area contributed by atoms with Crippen LogP contribution in [0.15, 0.2) is 42.5 Å². The predicted molar refractivity (Wildman–Crippen MR) is 78.5 cm³/mol. The molecule has 1 rings (SSSR count). The van der Waals surface area contributed by atoms with E-state index in [1.807, 2.05) is 0 Å². The van der Waals surface area contributed by atoms with Crippen LogP contribution in [0.5, 0.6) is 0 Å². The number of nitro benzene ring substituents is 1. The van der Waals surface area contributed by atoms with Gasteiger partial charge in [0, 0.05) is 12.1 Å². The van der Waals surface area contributed by atoms with Gasteiger partial charge in [-0.1, -0.05) is 30.4 Å². The van der Waals surface area contributed by atoms with Crippen LogP contribution in [0.25, 0.3) is 6.08 Å². The monoisotopic (exact) mass is 291 g/mol. The van der Waals surface area contributed by atoms with Crippen molar-refractivity contribution in [3.8, 4) is 0 Å². The number of hydrogen-bond acceptors (Lipinski definition) is 5. The molecule has 0 aliphatic carbocycles. The SMILES string of the molecule is COC(=O)/C=C/C[C@@H](O)C/C=C/c1ccccc1[N+](=O)[O-]. The zero-order valence-electron chi connectivity index (χ0n) is 11.6. The Balaban J connectivity index is 2.53. The lowest BCUT2D eigenvalue weighted by atomic mass is 10.1. The molecule has 0 fully saturated rings. The number of carbonyl (C=O) groups excluding carboxylic acids is 1. The number of ether oxygens (including phenoxy) is 1. The highest BCUT2D eigenvalue weighted by Crippen LogP contribution is 2.19. The number of hydrogen-bond donors (Lipinski definition) is 1. The fourth-order valence-corrected chi connectivity index (χ4v) is 1.63. The van der Waals surface area contributed by atoms with Gasteiger partial charge in [0.15, 0.2) is 0 Å². The Labute approximate surface area is 122 Å². The molecule has 21 heavy (non-hydrogen) atoms. The lowest BCUT2D eigenvalue weighted by Gasteiger charge is -2.03. The van der Waals surface area contributed by atoms with Gasteiger partial charge in [-0.25, -0.2) is 4.79 Å². The summed E-state index contributed by atoms with van der Waals surface area (Å²) in [5.41, 5.74) is 0.508. The molecule has 0 heterocycles. The lowest BCUT2D eigenvalue weighted by molar-refractivity contribution is -0.385. The molecular weight excluding hydrogens is 274 g/mol. The number of rotatable bonds is 7. The van der Waals surface area contributed by atoms with Crippen molar-refractivity contribution in [1.29, 1.82) is 0 Å². The number of nitrogens with zero attached hydrogens (tertiary/aromatic N) is 1. The van der Waals surface area contributed by atoms with Crippen LogP contribution in [0.3, 0.4) is 0 Å². The number of carbonyl (C=O) groups is 1. The molecule has 112 valence electrons. The first-order valence-electron chi connectivity index (χ1n) is 6.37. The van der Waals surface area contributed by atoms with Crippen LogP contribution in [-0.2, 0) is 9.53 Å². The molecule has 0 saturated heterocycles. The molecule has 0 bridgehead atoms. The molecule has 1 N–H and O–H groups in total. The maximum absolute atomic E-state index is 10.8. The summed E-state index contributed by atoms with van der Waals surface area (Å²) in [4.78, 5) is 21.2. The second kappa shape index (κ2) is 8.65. The maximum Gasteiger partial charge on any atom is 0.330 e. The van der Waals surface area contributed by atoms with Crippen LogP contribution in [0, 0.1) is 10.1 Å². The molecule has 0 aliphatic rings. The summed E-state index contributed by atoms with van der Waals surface area (Å²) in [6, 6.07) is 6.37. The van der Waals surface area contributed by atoms with E-state index in [0.29, 0.717) is 18.4 Å². The molecule has 0 radical (unpaired) electrons. The van der Waals surface area contributed by atoms with Gasteiger partial charge in [0.1, 0.15) is 0 Å². The molecule has 1 aromatic rings. The highest BCUT2D eigenvalue weighted by molar-refractivity contribution is 5.81. The fourth-order valence-electron chi connectivity index (χ4n) is 1.63. The minimum Gasteiger partial charge on any atom is -0.466 e. The summed E-state index contributed by atoms with van der Waals surface area (Å²) in [5.74, 6) is -0.474. The van der Waals surface area contributed by atoms with Crippen LogP contribution in [-0.4, -0.2) is 29.2 Å². The van der Waals surface area contributed by atoms with Crippen LogP contribution in [0.4, 0.5) is 5.69 Å². The quantitative estimate of drug-likeness (QED) is 0.361. The summed E-state index contributed by atoms with van der Waals surface area (Å²) in [5, 5.41) is 20.5. The van der Waals surface area contributed by atoms with E-state index in [4.69, 9.17) is 0 Å². The standard InChI is InChI=1S/C15H17NO5/c1-21-15(18)11-5-9-13(17)8-4-7-12-6-2-3-10-14(12)16(19)20/h2-7,10-11,13,17H,8-9H2,1H3/b7-4+,11-5+/t13-/m0/s1. The van der Waals surface area contributed by atoms with Gasteiger partial charge in [-0.15, -0.1) is 0 Å². The van der Waals surface area contributed by atoms with Gasteiger partial charge < -0.3 is 9.84 Å². The van der Waals surface area contributed by atoms with Gasteiger partial charge in [-0.2, -0.15) is 0 Å². The van der Waals surface area contributed by atoms with Crippen molar-refractivity contribution in [3.63, 3.8) is 0 Å². The average molecular weight is 291 g/mol. The molecule has 1 atom stereocenters. The van der Waals surface area contributed by atoms with E-state index in [-0.39, 0.29) is 5.69 Å². The number of esters is 1. The molecule has 0 aliphatic heterocycles. The van der Waals surface area contributed by atoms with Crippen LogP contribution in [0.1, 0.15) is 18.4 Å². The third-order valence-electron chi connectivity index (χ3n) is 2.70. The third-order valence-corrected chi connectivity index (χ3v) is 2.70. The van der Waals surface area contributed by atoms with Gasteiger partial charge in [-0.3, -0.25) is 10.1 Å². The van der Waals surface area contributed by atoms with E-state index in [1.54, 1.807) is 30.4 Å². The molecule has 0 spiro atoms. The largest absolute Gasteiger partial charge is 0.466 e. The normalized spacial score (nSPS) is 12.7. The van der Waals surface area contributed by atoms with E-state index in [9.17, 15) is 20.0 Å². The summed E-state index contributed by atoms with van der Waals surface area (Å²) in [6.45, 7) is 0.